The van der Waals surface area contributed by atoms with Crippen LogP contribution in [0.1, 0.15) is 31.2 Å². The monoisotopic (exact) mass is 288 g/mol. The number of anilines is 1. The summed E-state index contributed by atoms with van der Waals surface area (Å²) >= 11 is 0. The van der Waals surface area contributed by atoms with Crippen molar-refractivity contribution in [3.63, 3.8) is 0 Å². The van der Waals surface area contributed by atoms with Gasteiger partial charge in [-0.05, 0) is 31.4 Å². The Hall–Kier alpha value is -2.62. The van der Waals surface area contributed by atoms with Crippen molar-refractivity contribution >= 4 is 17.3 Å². The first-order valence-corrected chi connectivity index (χ1v) is 6.75. The van der Waals surface area contributed by atoms with E-state index >= 15 is 0 Å². The molecule has 3 N–H and O–H groups in total. The Balaban J connectivity index is 2.11. The molecule has 1 aliphatic rings. The Bertz CT molecular complexity index is 609. The van der Waals surface area contributed by atoms with Crippen LogP contribution in [0.2, 0.25) is 0 Å². The molecule has 110 valence electrons. The van der Waals surface area contributed by atoms with Crippen LogP contribution in [0.4, 0.5) is 11.4 Å². The van der Waals surface area contributed by atoms with Gasteiger partial charge in [0.25, 0.3) is 5.69 Å². The maximum absolute atomic E-state index is 11.2. The molecular weight excluding hydrogens is 272 g/mol. The summed E-state index contributed by atoms with van der Waals surface area (Å²) in [6, 6.07) is 6.27. The molecule has 7 heteroatoms. The van der Waals surface area contributed by atoms with E-state index in [0.29, 0.717) is 12.1 Å². The van der Waals surface area contributed by atoms with Crippen LogP contribution in [-0.4, -0.2) is 16.9 Å². The van der Waals surface area contributed by atoms with Crippen LogP contribution in [-0.2, 0) is 4.79 Å². The molecule has 0 spiro atoms. The van der Waals surface area contributed by atoms with Crippen molar-refractivity contribution in [1.82, 2.24) is 0 Å². The van der Waals surface area contributed by atoms with Gasteiger partial charge in [0, 0.05) is 23.7 Å². The van der Waals surface area contributed by atoms with E-state index in [1.807, 2.05) is 6.07 Å². The zero-order chi connectivity index (χ0) is 15.4. The van der Waals surface area contributed by atoms with E-state index in [4.69, 9.17) is 11.0 Å². The van der Waals surface area contributed by atoms with Crippen molar-refractivity contribution < 1.29 is 9.72 Å². The lowest BCUT2D eigenvalue weighted by Gasteiger charge is -2.28. The topological polar surface area (TPSA) is 122 Å². The van der Waals surface area contributed by atoms with E-state index in [2.05, 4.69) is 5.32 Å². The number of amides is 1. The molecule has 7 nitrogen and oxygen atoms in total. The highest BCUT2D eigenvalue weighted by Crippen LogP contribution is 2.28. The molecule has 1 amide bonds. The summed E-state index contributed by atoms with van der Waals surface area (Å²) in [5, 5.41) is 23.0. The largest absolute Gasteiger partial charge is 0.382 e. The highest BCUT2D eigenvalue weighted by atomic mass is 16.6. The second-order valence-electron chi connectivity index (χ2n) is 5.21. The van der Waals surface area contributed by atoms with Gasteiger partial charge in [0.15, 0.2) is 0 Å². The first kappa shape index (κ1) is 14.8. The fourth-order valence-electron chi connectivity index (χ4n) is 2.69. The number of hydrogen-bond acceptors (Lipinski definition) is 5. The molecule has 21 heavy (non-hydrogen) atoms. The molecule has 0 aliphatic heterocycles. The van der Waals surface area contributed by atoms with E-state index < -0.39 is 4.92 Å². The van der Waals surface area contributed by atoms with Gasteiger partial charge in [-0.2, -0.15) is 5.26 Å². The smallest absolute Gasteiger partial charge is 0.287 e. The molecule has 1 aliphatic carbocycles. The molecule has 0 aromatic heterocycles. The lowest BCUT2D eigenvalue weighted by Crippen LogP contribution is -2.34. The van der Waals surface area contributed by atoms with Gasteiger partial charge in [-0.25, -0.2) is 0 Å². The van der Waals surface area contributed by atoms with Crippen LogP contribution in [0.25, 0.3) is 0 Å². The summed E-state index contributed by atoms with van der Waals surface area (Å²) < 4.78 is 0. The summed E-state index contributed by atoms with van der Waals surface area (Å²) in [5.74, 6) is -0.423. The van der Waals surface area contributed by atoms with Gasteiger partial charge < -0.3 is 11.1 Å². The third-order valence-electron chi connectivity index (χ3n) is 3.76. The van der Waals surface area contributed by atoms with Crippen molar-refractivity contribution in [2.75, 3.05) is 5.32 Å². The number of nitrogens with zero attached hydrogens (tertiary/aromatic N) is 2. The minimum Gasteiger partial charge on any atom is -0.382 e. The quantitative estimate of drug-likeness (QED) is 0.647. The van der Waals surface area contributed by atoms with E-state index in [9.17, 15) is 14.9 Å². The number of carbonyl (C=O) groups is 1. The number of nitrogens with two attached hydrogens (primary N) is 1. The second kappa shape index (κ2) is 6.22. The Kier molecular flexibility index (Phi) is 4.38. The number of nitro benzene ring substituents is 1. The SMILES string of the molecule is N#Cc1cc(N[C@H]2CCC[C@H](C(N)=O)C2)ccc1[N+](=O)[O-]. The third kappa shape index (κ3) is 3.48. The van der Waals surface area contributed by atoms with Gasteiger partial charge in [-0.15, -0.1) is 0 Å². The number of carbonyl (C=O) groups excluding carboxylic acids is 1. The Labute approximate surface area is 121 Å². The molecule has 1 fully saturated rings. The van der Waals surface area contributed by atoms with Crippen molar-refractivity contribution in [3.05, 3.63) is 33.9 Å². The van der Waals surface area contributed by atoms with Crippen LogP contribution in [0.3, 0.4) is 0 Å². The highest BCUT2D eigenvalue weighted by Gasteiger charge is 2.26. The van der Waals surface area contributed by atoms with Crippen molar-refractivity contribution in [1.29, 1.82) is 5.26 Å². The van der Waals surface area contributed by atoms with Crippen molar-refractivity contribution in [2.24, 2.45) is 11.7 Å². The van der Waals surface area contributed by atoms with Crippen LogP contribution < -0.4 is 11.1 Å². The number of hydrogen-bond donors (Lipinski definition) is 2. The maximum atomic E-state index is 11.2. The first-order valence-electron chi connectivity index (χ1n) is 6.75. The average Bonchev–Trinajstić information content (AvgIpc) is 2.47. The summed E-state index contributed by atoms with van der Waals surface area (Å²) in [4.78, 5) is 21.5. The van der Waals surface area contributed by atoms with Crippen molar-refractivity contribution in [2.45, 2.75) is 31.7 Å². The van der Waals surface area contributed by atoms with Gasteiger partial charge >= 0.3 is 0 Å². The molecular formula is C14H16N4O3. The van der Waals surface area contributed by atoms with Crippen LogP contribution in [0.5, 0.6) is 0 Å². The molecule has 0 radical (unpaired) electrons. The summed E-state index contributed by atoms with van der Waals surface area (Å²) in [6.07, 6.45) is 3.26. The molecule has 2 rings (SSSR count). The van der Waals surface area contributed by atoms with Gasteiger partial charge in [-0.1, -0.05) is 6.42 Å². The minimum atomic E-state index is -0.577. The number of nitrogens with one attached hydrogen (secondary N) is 1. The summed E-state index contributed by atoms with van der Waals surface area (Å²) in [7, 11) is 0. The Morgan fingerprint density at radius 1 is 1.48 bits per heavy atom. The molecule has 1 aromatic rings. The number of nitro groups is 1. The first-order chi connectivity index (χ1) is 10.0. The molecule has 1 saturated carbocycles. The predicted octanol–water partition coefficient (Wildman–Crippen LogP) is 1.92. The zero-order valence-corrected chi connectivity index (χ0v) is 11.4. The van der Waals surface area contributed by atoms with Crippen molar-refractivity contribution in [3.8, 4) is 6.07 Å². The summed E-state index contributed by atoms with van der Waals surface area (Å²) in [5.41, 5.74) is 5.80. The average molecular weight is 288 g/mol. The molecule has 0 bridgehead atoms. The summed E-state index contributed by atoms with van der Waals surface area (Å²) in [6.45, 7) is 0. The van der Waals surface area contributed by atoms with Crippen LogP contribution in [0, 0.1) is 27.4 Å². The van der Waals surface area contributed by atoms with Crippen LogP contribution in [0.15, 0.2) is 18.2 Å². The van der Waals surface area contributed by atoms with Gasteiger partial charge in [0.05, 0.1) is 4.92 Å². The normalized spacial score (nSPS) is 21.3. The van der Waals surface area contributed by atoms with Gasteiger partial charge in [-0.3, -0.25) is 14.9 Å². The lowest BCUT2D eigenvalue weighted by molar-refractivity contribution is -0.385. The minimum absolute atomic E-state index is 0.0206. The highest BCUT2D eigenvalue weighted by molar-refractivity contribution is 5.76. The number of nitriles is 1. The molecule has 1 aromatic carbocycles. The van der Waals surface area contributed by atoms with E-state index in [1.54, 1.807) is 6.07 Å². The zero-order valence-electron chi connectivity index (χ0n) is 11.4. The molecule has 0 unspecified atom stereocenters. The van der Waals surface area contributed by atoms with E-state index in [0.717, 1.165) is 19.3 Å². The molecule has 2 atom stereocenters. The Morgan fingerprint density at radius 2 is 2.24 bits per heavy atom. The fraction of sp³-hybridized carbons (Fsp3) is 0.429. The number of rotatable bonds is 4. The predicted molar refractivity (Wildman–Crippen MR) is 76.4 cm³/mol. The molecule has 0 saturated heterocycles. The fourth-order valence-corrected chi connectivity index (χ4v) is 2.69. The Morgan fingerprint density at radius 3 is 2.86 bits per heavy atom. The number of benzene rings is 1. The van der Waals surface area contributed by atoms with Crippen LogP contribution >= 0.6 is 0 Å². The van der Waals surface area contributed by atoms with Gasteiger partial charge in [0.1, 0.15) is 11.6 Å². The standard InChI is InChI=1S/C14H16N4O3/c15-8-10-7-12(4-5-13(10)18(20)21)17-11-3-1-2-9(6-11)14(16)19/h4-5,7,9,11,17H,1-3,6H2,(H2,16,19)/t9-,11-/m0/s1. The third-order valence-corrected chi connectivity index (χ3v) is 3.76. The maximum Gasteiger partial charge on any atom is 0.287 e. The van der Waals surface area contributed by atoms with Gasteiger partial charge in [0.2, 0.25) is 5.91 Å². The second-order valence-corrected chi connectivity index (χ2v) is 5.21. The molecule has 0 heterocycles. The number of primary amides is 1. The lowest BCUT2D eigenvalue weighted by atomic mass is 9.85. The van der Waals surface area contributed by atoms with E-state index in [-0.39, 0.29) is 29.1 Å². The van der Waals surface area contributed by atoms with E-state index in [1.165, 1.54) is 12.1 Å².